The van der Waals surface area contributed by atoms with Crippen LogP contribution in [0.4, 0.5) is 0 Å². The minimum Gasteiger partial charge on any atom is -0.493 e. The van der Waals surface area contributed by atoms with Gasteiger partial charge in [0.05, 0.1) is 38.7 Å². The van der Waals surface area contributed by atoms with Crippen molar-refractivity contribution in [2.75, 3.05) is 53.6 Å². The first-order valence-electron chi connectivity index (χ1n) is 7.92. The lowest BCUT2D eigenvalue weighted by molar-refractivity contribution is 0.0389. The number of rotatable bonds is 7. The Morgan fingerprint density at radius 2 is 2.12 bits per heavy atom. The second kappa shape index (κ2) is 10.4. The van der Waals surface area contributed by atoms with Crippen LogP contribution in [0.5, 0.6) is 11.5 Å². The zero-order valence-corrected chi connectivity index (χ0v) is 16.0. The molecule has 0 amide bonds. The number of hydrogen-bond acceptors (Lipinski definition) is 6. The van der Waals surface area contributed by atoms with Crippen molar-refractivity contribution < 1.29 is 14.2 Å². The number of nitrogens with zero attached hydrogens (tertiary/aromatic N) is 2. The van der Waals surface area contributed by atoms with Gasteiger partial charge in [0.25, 0.3) is 0 Å². The lowest BCUT2D eigenvalue weighted by Gasteiger charge is -2.26. The topological polar surface area (TPSA) is 67.4 Å². The van der Waals surface area contributed by atoms with Crippen LogP contribution in [0.1, 0.15) is 5.56 Å². The van der Waals surface area contributed by atoms with Crippen LogP contribution in [0.2, 0.25) is 5.02 Å². The second-order valence-electron chi connectivity index (χ2n) is 5.32. The van der Waals surface area contributed by atoms with E-state index in [9.17, 15) is 0 Å². The average Bonchev–Trinajstić information content (AvgIpc) is 2.62. The first-order chi connectivity index (χ1) is 12.1. The van der Waals surface area contributed by atoms with Gasteiger partial charge in [-0.05, 0) is 29.9 Å². The van der Waals surface area contributed by atoms with Crippen LogP contribution < -0.4 is 20.2 Å². The highest BCUT2D eigenvalue weighted by molar-refractivity contribution is 7.80. The lowest BCUT2D eigenvalue weighted by atomic mass is 10.2. The summed E-state index contributed by atoms with van der Waals surface area (Å²) in [5.74, 6) is 1.04. The molecule has 0 radical (unpaired) electrons. The number of methoxy groups -OCH3 is 2. The summed E-state index contributed by atoms with van der Waals surface area (Å²) in [6, 6.07) is 3.52. The number of thiocarbonyl (C=S) groups is 1. The molecule has 9 heteroatoms. The Morgan fingerprint density at radius 3 is 2.80 bits per heavy atom. The lowest BCUT2D eigenvalue weighted by Crippen LogP contribution is -2.42. The van der Waals surface area contributed by atoms with E-state index in [1.807, 2.05) is 0 Å². The van der Waals surface area contributed by atoms with Crippen LogP contribution in [0.3, 0.4) is 0 Å². The molecule has 1 aliphatic rings. The zero-order chi connectivity index (χ0) is 18.1. The van der Waals surface area contributed by atoms with Gasteiger partial charge in [-0.25, -0.2) is 0 Å². The molecule has 0 aliphatic carbocycles. The molecule has 0 aromatic heterocycles. The molecular weight excluding hydrogens is 364 g/mol. The Kier molecular flexibility index (Phi) is 8.20. The van der Waals surface area contributed by atoms with Crippen LogP contribution in [-0.4, -0.2) is 69.8 Å². The first kappa shape index (κ1) is 19.7. The molecule has 7 nitrogen and oxygen atoms in total. The van der Waals surface area contributed by atoms with Gasteiger partial charge in [-0.15, -0.1) is 0 Å². The van der Waals surface area contributed by atoms with Gasteiger partial charge in [0.1, 0.15) is 0 Å². The summed E-state index contributed by atoms with van der Waals surface area (Å²) >= 11 is 11.4. The summed E-state index contributed by atoms with van der Waals surface area (Å²) in [6.45, 7) is 5.17. The number of morpholine rings is 1. The predicted molar refractivity (Wildman–Crippen MR) is 103 cm³/mol. The molecule has 0 atom stereocenters. The van der Waals surface area contributed by atoms with Crippen molar-refractivity contribution in [2.24, 2.45) is 5.10 Å². The molecule has 0 bridgehead atoms. The molecule has 1 saturated heterocycles. The minimum absolute atomic E-state index is 0.453. The van der Waals surface area contributed by atoms with E-state index in [1.165, 1.54) is 0 Å². The number of halogens is 1. The Hall–Kier alpha value is -1.61. The van der Waals surface area contributed by atoms with Crippen molar-refractivity contribution in [3.8, 4) is 11.5 Å². The van der Waals surface area contributed by atoms with E-state index in [0.717, 1.165) is 45.0 Å². The summed E-state index contributed by atoms with van der Waals surface area (Å²) in [4.78, 5) is 2.33. The van der Waals surface area contributed by atoms with E-state index in [4.69, 9.17) is 38.0 Å². The maximum Gasteiger partial charge on any atom is 0.187 e. The fraction of sp³-hybridized carbons (Fsp3) is 0.500. The maximum absolute atomic E-state index is 6.16. The van der Waals surface area contributed by atoms with Crippen LogP contribution in [-0.2, 0) is 4.74 Å². The molecule has 1 aromatic carbocycles. The number of benzene rings is 1. The number of hydrogen-bond donors (Lipinski definition) is 2. The Balaban J connectivity index is 1.77. The van der Waals surface area contributed by atoms with Gasteiger partial charge in [-0.2, -0.15) is 5.10 Å². The highest BCUT2D eigenvalue weighted by Gasteiger charge is 2.10. The Morgan fingerprint density at radius 1 is 1.36 bits per heavy atom. The summed E-state index contributed by atoms with van der Waals surface area (Å²) in [5, 5.41) is 8.16. The van der Waals surface area contributed by atoms with E-state index in [0.29, 0.717) is 21.6 Å². The van der Waals surface area contributed by atoms with E-state index in [-0.39, 0.29) is 0 Å². The largest absolute Gasteiger partial charge is 0.493 e. The van der Waals surface area contributed by atoms with Crippen molar-refractivity contribution >= 4 is 35.1 Å². The molecule has 1 heterocycles. The summed E-state index contributed by atoms with van der Waals surface area (Å²) < 4.78 is 15.8. The first-order valence-corrected chi connectivity index (χ1v) is 8.71. The Bertz CT molecular complexity index is 609. The quantitative estimate of drug-likeness (QED) is 0.418. The van der Waals surface area contributed by atoms with Gasteiger partial charge in [0.2, 0.25) is 0 Å². The zero-order valence-electron chi connectivity index (χ0n) is 14.4. The molecule has 25 heavy (non-hydrogen) atoms. The molecule has 0 saturated carbocycles. The molecular formula is C16H23ClN4O3S. The second-order valence-corrected chi connectivity index (χ2v) is 6.13. The molecule has 1 aliphatic heterocycles. The van der Waals surface area contributed by atoms with E-state index in [1.54, 1.807) is 32.6 Å². The SMILES string of the molecule is COc1cc(/C=N/NC(=S)NCCN2CCOCC2)cc(Cl)c1OC. The molecule has 0 spiro atoms. The third kappa shape index (κ3) is 6.32. The summed E-state index contributed by atoms with van der Waals surface area (Å²) in [7, 11) is 3.10. The van der Waals surface area contributed by atoms with E-state index in [2.05, 4.69) is 20.7 Å². The molecule has 2 N–H and O–H groups in total. The van der Waals surface area contributed by atoms with Crippen molar-refractivity contribution in [2.45, 2.75) is 0 Å². The fourth-order valence-corrected chi connectivity index (χ4v) is 2.82. The van der Waals surface area contributed by atoms with Crippen LogP contribution in [0.25, 0.3) is 0 Å². The fourth-order valence-electron chi connectivity index (χ4n) is 2.37. The third-order valence-corrected chi connectivity index (χ3v) is 4.17. The van der Waals surface area contributed by atoms with Gasteiger partial charge in [0, 0.05) is 26.2 Å². The average molecular weight is 387 g/mol. The van der Waals surface area contributed by atoms with Crippen molar-refractivity contribution in [1.82, 2.24) is 15.6 Å². The van der Waals surface area contributed by atoms with Gasteiger partial charge in [-0.1, -0.05) is 11.6 Å². The molecule has 1 fully saturated rings. The molecule has 2 rings (SSSR count). The van der Waals surface area contributed by atoms with Crippen LogP contribution in [0.15, 0.2) is 17.2 Å². The van der Waals surface area contributed by atoms with Gasteiger partial charge in [0.15, 0.2) is 16.6 Å². The molecule has 138 valence electrons. The standard InChI is InChI=1S/C16H23ClN4O3S/c1-22-14-10-12(9-13(17)15(14)23-2)11-19-20-16(25)18-3-4-21-5-7-24-8-6-21/h9-11H,3-8H2,1-2H3,(H2,18,20,25)/b19-11+. The number of nitrogens with one attached hydrogen (secondary N) is 2. The summed E-state index contributed by atoms with van der Waals surface area (Å²) in [6.07, 6.45) is 1.61. The van der Waals surface area contributed by atoms with Gasteiger partial charge < -0.3 is 19.5 Å². The smallest absolute Gasteiger partial charge is 0.187 e. The number of hydrazone groups is 1. The normalized spacial score (nSPS) is 15.2. The summed E-state index contributed by atoms with van der Waals surface area (Å²) in [5.41, 5.74) is 3.56. The predicted octanol–water partition coefficient (Wildman–Crippen LogP) is 1.49. The monoisotopic (exact) mass is 386 g/mol. The maximum atomic E-state index is 6.16. The number of ether oxygens (including phenoxy) is 3. The van der Waals surface area contributed by atoms with Crippen LogP contribution in [0, 0.1) is 0 Å². The minimum atomic E-state index is 0.453. The Labute approximate surface area is 158 Å². The third-order valence-electron chi connectivity index (χ3n) is 3.65. The molecule has 0 unspecified atom stereocenters. The molecule has 1 aromatic rings. The van der Waals surface area contributed by atoms with E-state index >= 15 is 0 Å². The van der Waals surface area contributed by atoms with Crippen LogP contribution >= 0.6 is 23.8 Å². The highest BCUT2D eigenvalue weighted by atomic mass is 35.5. The van der Waals surface area contributed by atoms with Crippen molar-refractivity contribution in [3.05, 3.63) is 22.7 Å². The van der Waals surface area contributed by atoms with E-state index < -0.39 is 0 Å². The van der Waals surface area contributed by atoms with Gasteiger partial charge >= 0.3 is 0 Å². The van der Waals surface area contributed by atoms with Crippen molar-refractivity contribution in [1.29, 1.82) is 0 Å². The van der Waals surface area contributed by atoms with Gasteiger partial charge in [-0.3, -0.25) is 10.3 Å². The van der Waals surface area contributed by atoms with Crippen molar-refractivity contribution in [3.63, 3.8) is 0 Å². The highest BCUT2D eigenvalue weighted by Crippen LogP contribution is 2.35.